The van der Waals surface area contributed by atoms with Gasteiger partial charge >= 0.3 is 0 Å². The van der Waals surface area contributed by atoms with E-state index in [0.717, 1.165) is 55.0 Å². The van der Waals surface area contributed by atoms with E-state index in [1.54, 1.807) is 26.1 Å². The van der Waals surface area contributed by atoms with Gasteiger partial charge in [0.05, 0.1) is 36.8 Å². The maximum atomic E-state index is 12.6. The molecule has 3 aromatic carbocycles. The predicted molar refractivity (Wildman–Crippen MR) is 193 cm³/mol. The van der Waals surface area contributed by atoms with E-state index in [4.69, 9.17) is 9.57 Å². The maximum absolute atomic E-state index is 12.6. The van der Waals surface area contributed by atoms with E-state index in [1.165, 1.54) is 12.4 Å². The Bertz CT molecular complexity index is 1840. The highest BCUT2D eigenvalue weighted by Crippen LogP contribution is 2.40. The number of anilines is 5. The van der Waals surface area contributed by atoms with Crippen LogP contribution in [0.5, 0.6) is 5.75 Å². The molecular formula is C37H42N8O4. The maximum Gasteiger partial charge on any atom is 0.253 e. The molecule has 0 aliphatic carbocycles. The first kappa shape index (κ1) is 33.4. The highest BCUT2D eigenvalue weighted by Gasteiger charge is 2.30. The molecule has 6 rings (SSSR count). The van der Waals surface area contributed by atoms with Crippen molar-refractivity contribution in [2.75, 3.05) is 81.6 Å². The first-order valence-electron chi connectivity index (χ1n) is 16.3. The molecule has 2 aliphatic heterocycles. The Morgan fingerprint density at radius 2 is 1.73 bits per heavy atom. The van der Waals surface area contributed by atoms with Crippen LogP contribution in [0.1, 0.15) is 28.4 Å². The van der Waals surface area contributed by atoms with Gasteiger partial charge in [0.25, 0.3) is 5.91 Å². The lowest BCUT2D eigenvalue weighted by Gasteiger charge is -2.35. The summed E-state index contributed by atoms with van der Waals surface area (Å²) in [4.78, 5) is 46.3. The molecule has 2 saturated heterocycles. The van der Waals surface area contributed by atoms with Gasteiger partial charge in [-0.1, -0.05) is 36.9 Å². The van der Waals surface area contributed by atoms with Crippen LogP contribution in [-0.4, -0.2) is 92.6 Å². The smallest absolute Gasteiger partial charge is 0.253 e. The Morgan fingerprint density at radius 3 is 2.47 bits per heavy atom. The van der Waals surface area contributed by atoms with Gasteiger partial charge in [0.2, 0.25) is 5.91 Å². The average molecular weight is 663 g/mol. The number of hydroxylamine groups is 1. The summed E-state index contributed by atoms with van der Waals surface area (Å²) >= 11 is 0. The third-order valence-corrected chi connectivity index (χ3v) is 8.77. The van der Waals surface area contributed by atoms with Gasteiger partial charge in [0.15, 0.2) is 5.82 Å². The van der Waals surface area contributed by atoms with Gasteiger partial charge in [0, 0.05) is 64.4 Å². The molecule has 4 aromatic rings. The lowest BCUT2D eigenvalue weighted by molar-refractivity contribution is -0.111. The third-order valence-electron chi connectivity index (χ3n) is 8.77. The van der Waals surface area contributed by atoms with E-state index >= 15 is 0 Å². The van der Waals surface area contributed by atoms with E-state index in [-0.39, 0.29) is 17.9 Å². The summed E-state index contributed by atoms with van der Waals surface area (Å²) in [6, 6.07) is 21.5. The Balaban J connectivity index is 1.26. The quantitative estimate of drug-likeness (QED) is 0.215. The number of nitrogens with one attached hydrogen (secondary N) is 2. The molecule has 1 aromatic heterocycles. The largest absolute Gasteiger partial charge is 0.494 e. The number of amides is 2. The molecule has 1 atom stereocenters. The molecular weight excluding hydrogens is 620 g/mol. The second-order valence-electron chi connectivity index (χ2n) is 12.3. The van der Waals surface area contributed by atoms with Crippen molar-refractivity contribution in [2.45, 2.75) is 12.5 Å². The summed E-state index contributed by atoms with van der Waals surface area (Å²) in [6.07, 6.45) is 3.52. The van der Waals surface area contributed by atoms with Gasteiger partial charge in [-0.3, -0.25) is 14.4 Å². The topological polar surface area (TPSA) is 115 Å². The van der Waals surface area contributed by atoms with E-state index in [2.05, 4.69) is 56.2 Å². The SMILES string of the molecule is C=CC(=O)Nc1cc(Nc2cc(N3OCC[C@@H]3c3cccc(-c4cccc(C(=O)N(C)C)c4)c3)ncn2)c(OC)cc1N1CCN(C)CC1. The van der Waals surface area contributed by atoms with Gasteiger partial charge in [-0.15, -0.1) is 0 Å². The number of aromatic nitrogens is 2. The van der Waals surface area contributed by atoms with Crippen molar-refractivity contribution in [3.8, 4) is 16.9 Å². The van der Waals surface area contributed by atoms with Crippen LogP contribution in [0, 0.1) is 0 Å². The molecule has 12 heteroatoms. The summed E-state index contributed by atoms with van der Waals surface area (Å²) in [5, 5.41) is 8.16. The molecule has 2 N–H and O–H groups in total. The van der Waals surface area contributed by atoms with Crippen molar-refractivity contribution >= 4 is 40.5 Å². The van der Waals surface area contributed by atoms with Crippen LogP contribution >= 0.6 is 0 Å². The molecule has 0 saturated carbocycles. The minimum absolute atomic E-state index is 0.0390. The minimum Gasteiger partial charge on any atom is -0.494 e. The molecule has 2 amide bonds. The van der Waals surface area contributed by atoms with E-state index < -0.39 is 0 Å². The number of hydrogen-bond acceptors (Lipinski definition) is 10. The van der Waals surface area contributed by atoms with E-state index in [1.807, 2.05) is 59.7 Å². The molecule has 0 bridgehead atoms. The fraction of sp³-hybridized carbons (Fsp3) is 0.297. The minimum atomic E-state index is -0.299. The van der Waals surface area contributed by atoms with Crippen LogP contribution in [0.25, 0.3) is 11.1 Å². The molecule has 2 aliphatic rings. The first-order chi connectivity index (χ1) is 23.7. The predicted octanol–water partition coefficient (Wildman–Crippen LogP) is 5.36. The molecule has 0 radical (unpaired) electrons. The number of methoxy groups -OCH3 is 1. The van der Waals surface area contributed by atoms with Gasteiger partial charge in [0.1, 0.15) is 17.9 Å². The van der Waals surface area contributed by atoms with E-state index in [9.17, 15) is 9.59 Å². The number of benzene rings is 3. The standard InChI is InChI=1S/C37H42N8O4/c1-6-36(46)41-29-21-30(33(48-5)22-32(29)44-16-14-43(4)15-17-44)40-34-23-35(39-24-38-34)45-31(13-18-49-45)27-11-7-9-25(19-27)26-10-8-12-28(20-26)37(47)42(2)3/h6-12,19-24,31H,1,13-18H2,2-5H3,(H,41,46)(H,38,39,40)/t31-/m1/s1. The molecule has 0 spiro atoms. The number of ether oxygens (including phenoxy) is 1. The zero-order chi connectivity index (χ0) is 34.5. The molecule has 254 valence electrons. The van der Waals surface area contributed by atoms with Crippen molar-refractivity contribution in [3.05, 3.63) is 96.8 Å². The number of nitrogens with zero attached hydrogens (tertiary/aromatic N) is 6. The number of hydrogen-bond donors (Lipinski definition) is 2. The number of piperazine rings is 1. The van der Waals surface area contributed by atoms with Gasteiger partial charge < -0.3 is 30.1 Å². The second kappa shape index (κ2) is 14.8. The van der Waals surface area contributed by atoms with Crippen molar-refractivity contribution in [2.24, 2.45) is 0 Å². The fourth-order valence-electron chi connectivity index (χ4n) is 6.12. The van der Waals surface area contributed by atoms with E-state index in [0.29, 0.717) is 40.9 Å². The average Bonchev–Trinajstić information content (AvgIpc) is 3.62. The van der Waals surface area contributed by atoms with Crippen LogP contribution in [0.2, 0.25) is 0 Å². The van der Waals surface area contributed by atoms with Crippen molar-refractivity contribution in [1.82, 2.24) is 19.8 Å². The number of carbonyl (C=O) groups excluding carboxylic acids is 2. The van der Waals surface area contributed by atoms with Crippen molar-refractivity contribution in [1.29, 1.82) is 0 Å². The highest BCUT2D eigenvalue weighted by molar-refractivity contribution is 6.02. The van der Waals surface area contributed by atoms with Gasteiger partial charge in [-0.25, -0.2) is 15.0 Å². The Kier molecular flexibility index (Phi) is 10.1. The molecule has 12 nitrogen and oxygen atoms in total. The molecule has 0 unspecified atom stereocenters. The third kappa shape index (κ3) is 7.50. The normalized spacial score (nSPS) is 16.3. The summed E-state index contributed by atoms with van der Waals surface area (Å²) < 4.78 is 5.81. The Morgan fingerprint density at radius 1 is 0.980 bits per heavy atom. The Labute approximate surface area is 286 Å². The fourth-order valence-corrected chi connectivity index (χ4v) is 6.12. The van der Waals surface area contributed by atoms with Crippen LogP contribution in [0.4, 0.5) is 28.7 Å². The van der Waals surface area contributed by atoms with Crippen molar-refractivity contribution < 1.29 is 19.2 Å². The second-order valence-corrected chi connectivity index (χ2v) is 12.3. The first-order valence-corrected chi connectivity index (χ1v) is 16.3. The molecule has 3 heterocycles. The number of carbonyl (C=O) groups is 2. The number of likely N-dealkylation sites (N-methyl/N-ethyl adjacent to an activating group) is 1. The zero-order valence-electron chi connectivity index (χ0n) is 28.3. The lowest BCUT2D eigenvalue weighted by atomic mass is 9.97. The molecule has 49 heavy (non-hydrogen) atoms. The van der Waals surface area contributed by atoms with Crippen LogP contribution in [0.15, 0.2) is 85.7 Å². The summed E-state index contributed by atoms with van der Waals surface area (Å²) in [5.41, 5.74) is 5.83. The highest BCUT2D eigenvalue weighted by atomic mass is 16.7. The summed E-state index contributed by atoms with van der Waals surface area (Å²) in [6.45, 7) is 7.62. The lowest BCUT2D eigenvalue weighted by Crippen LogP contribution is -2.44. The number of rotatable bonds is 10. The zero-order valence-corrected chi connectivity index (χ0v) is 28.3. The van der Waals surface area contributed by atoms with Crippen LogP contribution < -0.4 is 25.3 Å². The summed E-state index contributed by atoms with van der Waals surface area (Å²) in [7, 11) is 7.22. The molecule has 2 fully saturated rings. The van der Waals surface area contributed by atoms with Crippen molar-refractivity contribution in [3.63, 3.8) is 0 Å². The Hall–Kier alpha value is -5.46. The van der Waals surface area contributed by atoms with Crippen LogP contribution in [0.3, 0.4) is 0 Å². The van der Waals surface area contributed by atoms with Crippen LogP contribution in [-0.2, 0) is 9.63 Å². The monoisotopic (exact) mass is 662 g/mol. The summed E-state index contributed by atoms with van der Waals surface area (Å²) in [5.74, 6) is 1.39. The van der Waals surface area contributed by atoms with Gasteiger partial charge in [-0.2, -0.15) is 0 Å². The van der Waals surface area contributed by atoms with Gasteiger partial charge in [-0.05, 0) is 54.1 Å².